The van der Waals surface area contributed by atoms with E-state index < -0.39 is 49.5 Å². The van der Waals surface area contributed by atoms with Gasteiger partial charge in [0.2, 0.25) is 5.91 Å². The second-order valence-corrected chi connectivity index (χ2v) is 18.5. The van der Waals surface area contributed by atoms with Gasteiger partial charge in [-0.2, -0.15) is 0 Å². The van der Waals surface area contributed by atoms with Crippen LogP contribution in [0.5, 0.6) is 5.75 Å². The largest absolute Gasteiger partial charge is 0.494 e. The van der Waals surface area contributed by atoms with Gasteiger partial charge < -0.3 is 65.2 Å². The minimum absolute atomic E-state index is 0.0441. The van der Waals surface area contributed by atoms with Gasteiger partial charge in [-0.05, 0) is 82.3 Å². The van der Waals surface area contributed by atoms with Crippen LogP contribution in [0.25, 0.3) is 10.9 Å². The fourth-order valence-corrected chi connectivity index (χ4v) is 8.64. The van der Waals surface area contributed by atoms with Crippen molar-refractivity contribution in [1.29, 1.82) is 0 Å². The number of aromatic nitrogens is 2. The van der Waals surface area contributed by atoms with E-state index in [9.17, 15) is 35.1 Å². The number of carbonyl (C=O) groups is 2. The van der Waals surface area contributed by atoms with Crippen molar-refractivity contribution in [2.24, 2.45) is 0 Å². The number of pyridine rings is 1. The first-order valence-corrected chi connectivity index (χ1v) is 25.1. The van der Waals surface area contributed by atoms with E-state index in [4.69, 9.17) is 14.2 Å². The van der Waals surface area contributed by atoms with E-state index in [0.29, 0.717) is 57.1 Å². The second kappa shape index (κ2) is 28.9. The third-order valence-corrected chi connectivity index (χ3v) is 12.6. The number of unbranched alkanes of at least 4 members (excludes halogenated alkanes) is 13. The fraction of sp³-hybridized carbons (Fsp3) is 0.667. The van der Waals surface area contributed by atoms with Gasteiger partial charge in [0.25, 0.3) is 5.91 Å². The number of ether oxygens (including phenoxy) is 3. The van der Waals surface area contributed by atoms with Crippen molar-refractivity contribution < 1.29 is 49.3 Å². The molecule has 7 atom stereocenters. The maximum atomic E-state index is 13.5. The molecule has 0 spiro atoms. The molecule has 16 nitrogen and oxygen atoms in total. The number of aromatic amines is 1. The molecule has 2 aromatic heterocycles. The van der Waals surface area contributed by atoms with E-state index in [1.165, 1.54) is 57.8 Å². The Hall–Kier alpha value is -4.29. The molecular formula is C51H80N6O10. The molecule has 2 aliphatic heterocycles. The number of piperazine rings is 1. The lowest BCUT2D eigenvalue weighted by atomic mass is 9.99. The Bertz CT molecular complexity index is 1920. The van der Waals surface area contributed by atoms with E-state index in [1.807, 2.05) is 47.4 Å². The predicted octanol–water partition coefficient (Wildman–Crippen LogP) is 6.20. The molecule has 67 heavy (non-hydrogen) atoms. The standard InChI is InChI=1S/C51H80N6O10/c1-4-5-6-7-8-9-10-11-12-13-14-15-17-22-43(59)42(35-66-51-48(63)47(62)46(61)44(34-58)67-51)55-45(60)23-18-16-19-31-65-38-24-25-39-37(32-38)33-41(54-39)50(64)57-29-27-56(28-30-57)49-40(53-36(2)3)21-20-26-52-49/h17,20-22,24-26,32-33,36,42-44,46-48,51,53-54,58-59,61-63H,4-16,18-19,23,27-31,34-35H2,1-3H3,(H,55,60)/b22-17+/t42?,43-,44-,46+,47+,48-,51-/m1/s1. The highest BCUT2D eigenvalue weighted by atomic mass is 16.7. The number of rotatable bonds is 30. The molecule has 2 amide bonds. The number of amides is 2. The van der Waals surface area contributed by atoms with E-state index in [2.05, 4.69) is 46.3 Å². The highest BCUT2D eigenvalue weighted by molar-refractivity contribution is 5.98. The summed E-state index contributed by atoms with van der Waals surface area (Å²) in [4.78, 5) is 38.7. The van der Waals surface area contributed by atoms with Gasteiger partial charge in [0.15, 0.2) is 12.1 Å². The molecule has 8 N–H and O–H groups in total. The Labute approximate surface area is 397 Å². The van der Waals surface area contributed by atoms with Gasteiger partial charge in [0.1, 0.15) is 35.9 Å². The van der Waals surface area contributed by atoms with Crippen molar-refractivity contribution in [2.75, 3.05) is 56.2 Å². The molecule has 2 fully saturated rings. The zero-order valence-corrected chi connectivity index (χ0v) is 40.2. The van der Waals surface area contributed by atoms with E-state index >= 15 is 0 Å². The first kappa shape index (κ1) is 53.7. The third-order valence-electron chi connectivity index (χ3n) is 12.6. The molecule has 1 aromatic carbocycles. The van der Waals surface area contributed by atoms with Crippen molar-refractivity contribution >= 4 is 34.2 Å². The summed E-state index contributed by atoms with van der Waals surface area (Å²) in [6.45, 7) is 8.55. The minimum atomic E-state index is -1.61. The van der Waals surface area contributed by atoms with Crippen molar-refractivity contribution in [1.82, 2.24) is 20.2 Å². The van der Waals surface area contributed by atoms with Crippen molar-refractivity contribution in [3.05, 3.63) is 60.4 Å². The molecule has 0 aliphatic carbocycles. The number of aliphatic hydroxyl groups is 5. The average Bonchev–Trinajstić information content (AvgIpc) is 3.76. The number of nitrogens with one attached hydrogen (secondary N) is 3. The number of hydrogen-bond acceptors (Lipinski definition) is 13. The summed E-state index contributed by atoms with van der Waals surface area (Å²) in [5, 5.41) is 58.8. The van der Waals surface area contributed by atoms with Gasteiger partial charge in [-0.25, -0.2) is 4.98 Å². The van der Waals surface area contributed by atoms with Crippen LogP contribution in [0.2, 0.25) is 0 Å². The molecule has 16 heteroatoms. The van der Waals surface area contributed by atoms with Crippen LogP contribution in [0.1, 0.15) is 134 Å². The number of hydrogen-bond donors (Lipinski definition) is 8. The number of benzene rings is 1. The normalized spacial score (nSPS) is 21.0. The molecule has 374 valence electrons. The van der Waals surface area contributed by atoms with Gasteiger partial charge in [-0.15, -0.1) is 0 Å². The Morgan fingerprint density at radius 1 is 0.896 bits per heavy atom. The summed E-state index contributed by atoms with van der Waals surface area (Å²) >= 11 is 0. The second-order valence-electron chi connectivity index (χ2n) is 18.5. The zero-order chi connectivity index (χ0) is 48.0. The van der Waals surface area contributed by atoms with Crippen LogP contribution in [-0.2, 0) is 14.3 Å². The van der Waals surface area contributed by atoms with Crippen LogP contribution in [0.15, 0.2) is 54.7 Å². The molecule has 0 radical (unpaired) electrons. The molecule has 4 heterocycles. The number of fused-ring (bicyclic) bond motifs is 1. The van der Waals surface area contributed by atoms with Crippen molar-refractivity contribution in [3.8, 4) is 5.75 Å². The summed E-state index contributed by atoms with van der Waals surface area (Å²) in [5.41, 5.74) is 2.37. The number of H-pyrrole nitrogens is 1. The number of nitrogens with zero attached hydrogens (tertiary/aromatic N) is 3. The Kier molecular flexibility index (Phi) is 23.1. The maximum Gasteiger partial charge on any atom is 0.270 e. The average molecular weight is 937 g/mol. The topological polar surface area (TPSA) is 222 Å². The van der Waals surface area contributed by atoms with E-state index in [-0.39, 0.29) is 30.9 Å². The number of carbonyl (C=O) groups excluding carboxylic acids is 2. The van der Waals surface area contributed by atoms with Gasteiger partial charge >= 0.3 is 0 Å². The lowest BCUT2D eigenvalue weighted by Gasteiger charge is -2.40. The molecule has 1 unspecified atom stereocenters. The van der Waals surface area contributed by atoms with Crippen LogP contribution >= 0.6 is 0 Å². The SMILES string of the molecule is CCCCCCCCCCCCC/C=C/[C@@H](O)C(CO[C@@H]1O[C@H](CO)[C@H](O)[C@H](O)[C@H]1O)NC(=O)CCCCCOc1ccc2[nH]c(C(=O)N3CCN(c4ncccc4NC(C)C)CC3)cc2c1. The highest BCUT2D eigenvalue weighted by Crippen LogP contribution is 2.27. The number of allylic oxidation sites excluding steroid dienone is 1. The summed E-state index contributed by atoms with van der Waals surface area (Å²) in [5.74, 6) is 1.26. The first-order valence-electron chi connectivity index (χ1n) is 25.1. The molecule has 2 saturated heterocycles. The first-order chi connectivity index (χ1) is 32.5. The monoisotopic (exact) mass is 937 g/mol. The van der Waals surface area contributed by atoms with Crippen LogP contribution < -0.4 is 20.3 Å². The van der Waals surface area contributed by atoms with Crippen LogP contribution in [-0.4, -0.2) is 147 Å². The van der Waals surface area contributed by atoms with Crippen molar-refractivity contribution in [2.45, 2.75) is 172 Å². The molecule has 2 aliphatic rings. The third kappa shape index (κ3) is 17.3. The molecular weight excluding hydrogens is 857 g/mol. The maximum absolute atomic E-state index is 13.5. The van der Waals surface area contributed by atoms with Crippen LogP contribution in [0, 0.1) is 0 Å². The smallest absolute Gasteiger partial charge is 0.270 e. The minimum Gasteiger partial charge on any atom is -0.494 e. The molecule has 3 aromatic rings. The van der Waals surface area contributed by atoms with Gasteiger partial charge in [-0.3, -0.25) is 9.59 Å². The lowest BCUT2D eigenvalue weighted by Crippen LogP contribution is -2.60. The van der Waals surface area contributed by atoms with Gasteiger partial charge in [0, 0.05) is 55.7 Å². The van der Waals surface area contributed by atoms with Crippen molar-refractivity contribution in [3.63, 3.8) is 0 Å². The fourth-order valence-electron chi connectivity index (χ4n) is 8.64. The Balaban J connectivity index is 1.02. The van der Waals surface area contributed by atoms with E-state index in [0.717, 1.165) is 48.1 Å². The Morgan fingerprint density at radius 3 is 2.30 bits per heavy atom. The van der Waals surface area contributed by atoms with Crippen LogP contribution in [0.4, 0.5) is 11.5 Å². The summed E-state index contributed by atoms with van der Waals surface area (Å²) in [6.07, 6.45) is 13.6. The summed E-state index contributed by atoms with van der Waals surface area (Å²) in [7, 11) is 0. The summed E-state index contributed by atoms with van der Waals surface area (Å²) in [6, 6.07) is 10.9. The zero-order valence-electron chi connectivity index (χ0n) is 40.2. The highest BCUT2D eigenvalue weighted by Gasteiger charge is 2.44. The molecule has 5 rings (SSSR count). The number of anilines is 2. The van der Waals surface area contributed by atoms with Crippen LogP contribution in [0.3, 0.4) is 0 Å². The number of aliphatic hydroxyl groups excluding tert-OH is 5. The van der Waals surface area contributed by atoms with Gasteiger partial charge in [-0.1, -0.05) is 83.3 Å². The predicted molar refractivity (Wildman–Crippen MR) is 261 cm³/mol. The molecule has 0 bridgehead atoms. The quantitative estimate of drug-likeness (QED) is 0.0276. The lowest BCUT2D eigenvalue weighted by molar-refractivity contribution is -0.302. The molecule has 0 saturated carbocycles. The summed E-state index contributed by atoms with van der Waals surface area (Å²) < 4.78 is 17.3. The Morgan fingerprint density at radius 2 is 1.60 bits per heavy atom. The van der Waals surface area contributed by atoms with E-state index in [1.54, 1.807) is 12.3 Å². The van der Waals surface area contributed by atoms with Gasteiger partial charge in [0.05, 0.1) is 37.7 Å².